The predicted octanol–water partition coefficient (Wildman–Crippen LogP) is 1.74. The van der Waals surface area contributed by atoms with Crippen LogP contribution < -0.4 is 5.32 Å². The van der Waals surface area contributed by atoms with Crippen LogP contribution in [0.25, 0.3) is 0 Å². The zero-order valence-corrected chi connectivity index (χ0v) is 7.03. The maximum Gasteiger partial charge on any atom is 0.0653 e. The second kappa shape index (κ2) is 9.02. The standard InChI is InChI=1S/C8H18BN/c1-2-3-7-10-8-5-4-6-9/h10H,2-8H2,1H3. The van der Waals surface area contributed by atoms with Gasteiger partial charge in [0.15, 0.2) is 0 Å². The maximum atomic E-state index is 5.34. The van der Waals surface area contributed by atoms with Gasteiger partial charge in [-0.25, -0.2) is 0 Å². The Labute approximate surface area is 66.0 Å². The van der Waals surface area contributed by atoms with E-state index in [1.807, 2.05) is 0 Å². The number of hydrogen-bond acceptors (Lipinski definition) is 1. The molecule has 1 nitrogen and oxygen atoms in total. The van der Waals surface area contributed by atoms with E-state index in [4.69, 9.17) is 7.85 Å². The first-order chi connectivity index (χ1) is 4.91. The lowest BCUT2D eigenvalue weighted by atomic mass is 10.0. The Kier molecular flexibility index (Phi) is 9.05. The van der Waals surface area contributed by atoms with Gasteiger partial charge in [-0.3, -0.25) is 0 Å². The molecule has 0 aliphatic carbocycles. The molecule has 0 saturated heterocycles. The van der Waals surface area contributed by atoms with Crippen LogP contribution >= 0.6 is 0 Å². The minimum absolute atomic E-state index is 0.829. The summed E-state index contributed by atoms with van der Waals surface area (Å²) in [5, 5.41) is 3.37. The van der Waals surface area contributed by atoms with Gasteiger partial charge in [-0.15, -0.1) is 0 Å². The summed E-state index contributed by atoms with van der Waals surface area (Å²) in [6.07, 6.45) is 5.78. The highest BCUT2D eigenvalue weighted by atomic mass is 14.8. The molecule has 0 fully saturated rings. The highest BCUT2D eigenvalue weighted by Gasteiger charge is 1.85. The summed E-state index contributed by atoms with van der Waals surface area (Å²) < 4.78 is 0. The monoisotopic (exact) mass is 139 g/mol. The fourth-order valence-corrected chi connectivity index (χ4v) is 0.821. The Morgan fingerprint density at radius 1 is 1.10 bits per heavy atom. The third-order valence-corrected chi connectivity index (χ3v) is 1.51. The van der Waals surface area contributed by atoms with Crippen molar-refractivity contribution in [2.45, 2.75) is 38.9 Å². The lowest BCUT2D eigenvalue weighted by Gasteiger charge is -2.01. The molecule has 0 heterocycles. The largest absolute Gasteiger partial charge is 0.317 e. The molecule has 0 rings (SSSR count). The molecule has 0 atom stereocenters. The van der Waals surface area contributed by atoms with Gasteiger partial charge in [-0.1, -0.05) is 26.1 Å². The molecule has 0 saturated carbocycles. The van der Waals surface area contributed by atoms with Gasteiger partial charge < -0.3 is 5.32 Å². The molecule has 0 aliphatic rings. The summed E-state index contributed by atoms with van der Waals surface area (Å²) in [5.74, 6) is 0. The van der Waals surface area contributed by atoms with Gasteiger partial charge in [0.25, 0.3) is 0 Å². The van der Waals surface area contributed by atoms with Crippen LogP contribution in [0.1, 0.15) is 32.6 Å². The summed E-state index contributed by atoms with van der Waals surface area (Å²) in [4.78, 5) is 0. The first kappa shape index (κ1) is 10.0. The van der Waals surface area contributed by atoms with Crippen molar-refractivity contribution < 1.29 is 0 Å². The van der Waals surface area contributed by atoms with Gasteiger partial charge in [-0.2, -0.15) is 0 Å². The van der Waals surface area contributed by atoms with Crippen LogP contribution in [-0.4, -0.2) is 20.9 Å². The Bertz CT molecular complexity index is 49.2. The predicted molar refractivity (Wildman–Crippen MR) is 47.6 cm³/mol. The number of hydrogen-bond donors (Lipinski definition) is 1. The van der Waals surface area contributed by atoms with E-state index in [-0.39, 0.29) is 0 Å². The Balaban J connectivity index is 2.65. The minimum atomic E-state index is 0.829. The van der Waals surface area contributed by atoms with Gasteiger partial charge in [0.05, 0.1) is 7.85 Å². The van der Waals surface area contributed by atoms with E-state index in [2.05, 4.69) is 12.2 Å². The van der Waals surface area contributed by atoms with E-state index in [0.29, 0.717) is 0 Å². The van der Waals surface area contributed by atoms with E-state index in [0.717, 1.165) is 19.3 Å². The van der Waals surface area contributed by atoms with Gasteiger partial charge in [0.1, 0.15) is 0 Å². The smallest absolute Gasteiger partial charge is 0.0653 e. The second-order valence-electron chi connectivity index (χ2n) is 2.60. The van der Waals surface area contributed by atoms with Crippen molar-refractivity contribution >= 4 is 7.85 Å². The van der Waals surface area contributed by atoms with Gasteiger partial charge in [-0.05, 0) is 25.9 Å². The van der Waals surface area contributed by atoms with Crippen LogP contribution in [0.3, 0.4) is 0 Å². The average Bonchev–Trinajstić information content (AvgIpc) is 1.97. The Morgan fingerprint density at radius 3 is 2.40 bits per heavy atom. The molecule has 2 radical (unpaired) electrons. The SMILES string of the molecule is [B]CCCCNCCCC. The van der Waals surface area contributed by atoms with Crippen molar-refractivity contribution in [3.05, 3.63) is 0 Å². The molecule has 0 aromatic carbocycles. The topological polar surface area (TPSA) is 12.0 Å². The molecule has 0 aromatic heterocycles. The summed E-state index contributed by atoms with van der Waals surface area (Å²) in [6, 6.07) is 0. The third-order valence-electron chi connectivity index (χ3n) is 1.51. The van der Waals surface area contributed by atoms with Gasteiger partial charge in [0.2, 0.25) is 0 Å². The molecule has 0 amide bonds. The number of rotatable bonds is 7. The molecule has 58 valence electrons. The number of unbranched alkanes of at least 4 members (excludes halogenated alkanes) is 2. The first-order valence-electron chi connectivity index (χ1n) is 4.32. The van der Waals surface area contributed by atoms with E-state index in [1.54, 1.807) is 0 Å². The second-order valence-corrected chi connectivity index (χ2v) is 2.60. The summed E-state index contributed by atoms with van der Waals surface area (Å²) in [5.41, 5.74) is 0. The fraction of sp³-hybridized carbons (Fsp3) is 1.00. The summed E-state index contributed by atoms with van der Waals surface area (Å²) in [7, 11) is 5.34. The average molecular weight is 139 g/mol. The molecule has 0 aromatic rings. The quantitative estimate of drug-likeness (QED) is 0.418. The van der Waals surface area contributed by atoms with E-state index >= 15 is 0 Å². The van der Waals surface area contributed by atoms with Crippen molar-refractivity contribution in [3.8, 4) is 0 Å². The Hall–Kier alpha value is 0.0249. The van der Waals surface area contributed by atoms with Crippen molar-refractivity contribution in [2.24, 2.45) is 0 Å². The third kappa shape index (κ3) is 8.02. The molecular formula is C8H18BN. The van der Waals surface area contributed by atoms with Gasteiger partial charge in [0, 0.05) is 0 Å². The van der Waals surface area contributed by atoms with Crippen LogP contribution in [0, 0.1) is 0 Å². The lowest BCUT2D eigenvalue weighted by molar-refractivity contribution is 0.611. The first-order valence-corrected chi connectivity index (χ1v) is 4.32. The van der Waals surface area contributed by atoms with Crippen LogP contribution in [0.4, 0.5) is 0 Å². The molecule has 10 heavy (non-hydrogen) atoms. The van der Waals surface area contributed by atoms with E-state index < -0.39 is 0 Å². The molecule has 0 unspecified atom stereocenters. The van der Waals surface area contributed by atoms with Crippen molar-refractivity contribution in [1.29, 1.82) is 0 Å². The van der Waals surface area contributed by atoms with Crippen LogP contribution in [-0.2, 0) is 0 Å². The molecule has 0 aliphatic heterocycles. The molecule has 1 N–H and O–H groups in total. The zero-order chi connectivity index (χ0) is 7.66. The van der Waals surface area contributed by atoms with Crippen LogP contribution in [0.2, 0.25) is 6.32 Å². The van der Waals surface area contributed by atoms with Crippen LogP contribution in [0.15, 0.2) is 0 Å². The Morgan fingerprint density at radius 2 is 1.80 bits per heavy atom. The molecule has 0 spiro atoms. The van der Waals surface area contributed by atoms with Gasteiger partial charge >= 0.3 is 0 Å². The van der Waals surface area contributed by atoms with E-state index in [1.165, 1.54) is 25.8 Å². The van der Waals surface area contributed by atoms with E-state index in [9.17, 15) is 0 Å². The molecular weight excluding hydrogens is 121 g/mol. The number of nitrogens with one attached hydrogen (secondary N) is 1. The minimum Gasteiger partial charge on any atom is -0.317 e. The zero-order valence-electron chi connectivity index (χ0n) is 7.03. The summed E-state index contributed by atoms with van der Waals surface area (Å²) in [6.45, 7) is 4.51. The van der Waals surface area contributed by atoms with Crippen LogP contribution in [0.5, 0.6) is 0 Å². The van der Waals surface area contributed by atoms with Crippen molar-refractivity contribution in [3.63, 3.8) is 0 Å². The normalized spacial score (nSPS) is 10.1. The summed E-state index contributed by atoms with van der Waals surface area (Å²) >= 11 is 0. The van der Waals surface area contributed by atoms with Crippen molar-refractivity contribution in [2.75, 3.05) is 13.1 Å². The van der Waals surface area contributed by atoms with Crippen molar-refractivity contribution in [1.82, 2.24) is 5.32 Å². The lowest BCUT2D eigenvalue weighted by Crippen LogP contribution is -2.16. The molecule has 2 heteroatoms. The maximum absolute atomic E-state index is 5.34. The molecule has 0 bridgehead atoms. The highest BCUT2D eigenvalue weighted by Crippen LogP contribution is 1.90. The highest BCUT2D eigenvalue weighted by molar-refractivity contribution is 6.08. The fourth-order valence-electron chi connectivity index (χ4n) is 0.821.